The Morgan fingerprint density at radius 1 is 1.12 bits per heavy atom. The Balaban J connectivity index is 1.42. The first-order valence-corrected chi connectivity index (χ1v) is 13.9. The Hall–Kier alpha value is -1.44. The molecule has 2 heterocycles. The van der Waals surface area contributed by atoms with Gasteiger partial charge in [0, 0.05) is 38.7 Å². The molecule has 1 aromatic carbocycles. The van der Waals surface area contributed by atoms with E-state index < -0.39 is 6.09 Å². The molecule has 0 spiro atoms. The number of benzene rings is 1. The van der Waals surface area contributed by atoms with E-state index in [0.717, 1.165) is 64.6 Å². The molecule has 8 heteroatoms. The zero-order chi connectivity index (χ0) is 24.0. The van der Waals surface area contributed by atoms with Gasteiger partial charge in [-0.2, -0.15) is 0 Å². The fourth-order valence-electron chi connectivity index (χ4n) is 5.68. The number of likely N-dealkylation sites (tertiary alicyclic amines) is 1. The number of pyridine rings is 1. The molecule has 180 valence electrons. The first kappa shape index (κ1) is 24.3. The van der Waals surface area contributed by atoms with E-state index in [2.05, 4.69) is 44.0 Å². The molecule has 0 N–H and O–H groups in total. The predicted molar refractivity (Wildman–Crippen MR) is 138 cm³/mol. The number of piperidine rings is 1. The average Bonchev–Trinajstić information content (AvgIpc) is 2.89. The lowest BCUT2D eigenvalue weighted by molar-refractivity contribution is -0.146. The van der Waals surface area contributed by atoms with Crippen LogP contribution in [-0.2, 0) is 22.4 Å². The number of amides is 1. The average molecular weight is 611 g/mol. The van der Waals surface area contributed by atoms with Gasteiger partial charge in [0.05, 0.1) is 11.6 Å². The third kappa shape index (κ3) is 4.68. The van der Waals surface area contributed by atoms with Crippen LogP contribution in [0.5, 0.6) is 0 Å². The van der Waals surface area contributed by atoms with E-state index in [1.54, 1.807) is 4.90 Å². The number of carbonyl (C=O) groups excluding carboxylic acids is 2. The molecule has 5 nitrogen and oxygen atoms in total. The lowest BCUT2D eigenvalue weighted by atomic mass is 9.75. The van der Waals surface area contributed by atoms with E-state index in [1.165, 1.54) is 16.7 Å². The number of fused-ring (bicyclic) bond motifs is 2. The maximum atomic E-state index is 12.8. The van der Waals surface area contributed by atoms with Crippen LogP contribution in [0.1, 0.15) is 67.3 Å². The Kier molecular flexibility index (Phi) is 7.07. The van der Waals surface area contributed by atoms with Crippen molar-refractivity contribution in [1.29, 1.82) is 0 Å². The van der Waals surface area contributed by atoms with Crippen molar-refractivity contribution >= 4 is 55.5 Å². The summed E-state index contributed by atoms with van der Waals surface area (Å²) in [6.07, 6.45) is 7.49. The van der Waals surface area contributed by atoms with Crippen LogP contribution in [0.2, 0.25) is 5.02 Å². The van der Waals surface area contributed by atoms with Crippen molar-refractivity contribution in [2.45, 2.75) is 63.8 Å². The normalized spacial score (nSPS) is 24.5. The molecule has 5 rings (SSSR count). The number of rotatable bonds is 2. The number of halogens is 3. The standard InChI is InChI=1S/C26H27Br2ClN2O3/c1-14-9-17(7-8-31(14)26(33)34-25(32)15-3-2-4-15)23-22-16(11-20(29)12-21(22)28)5-6-18-10-19(27)13-30-24(18)23/h10-15,17,23H,2-9H2,1H3/t14-,17-,23-/m1/s1. The fourth-order valence-corrected chi connectivity index (χ4v) is 7.18. The molecule has 34 heavy (non-hydrogen) atoms. The van der Waals surface area contributed by atoms with E-state index in [9.17, 15) is 9.59 Å². The lowest BCUT2D eigenvalue weighted by Crippen LogP contribution is -2.47. The summed E-state index contributed by atoms with van der Waals surface area (Å²) in [4.78, 5) is 31.6. The molecular formula is C26H27Br2ClN2O3. The third-order valence-corrected chi connectivity index (χ3v) is 8.97. The van der Waals surface area contributed by atoms with Gasteiger partial charge >= 0.3 is 12.1 Å². The van der Waals surface area contributed by atoms with E-state index in [4.69, 9.17) is 21.3 Å². The molecule has 1 amide bonds. The van der Waals surface area contributed by atoms with Gasteiger partial charge in [-0.05, 0) is 102 Å². The molecule has 3 aliphatic rings. The van der Waals surface area contributed by atoms with Gasteiger partial charge in [-0.25, -0.2) is 4.79 Å². The van der Waals surface area contributed by atoms with Gasteiger partial charge in [-0.1, -0.05) is 34.0 Å². The summed E-state index contributed by atoms with van der Waals surface area (Å²) in [6, 6.07) is 6.20. The highest BCUT2D eigenvalue weighted by atomic mass is 79.9. The maximum absolute atomic E-state index is 12.8. The van der Waals surface area contributed by atoms with Gasteiger partial charge in [0.1, 0.15) is 0 Å². The van der Waals surface area contributed by atoms with Crippen LogP contribution in [0.3, 0.4) is 0 Å². The van der Waals surface area contributed by atoms with E-state index in [0.29, 0.717) is 12.5 Å². The molecular weight excluding hydrogens is 584 g/mol. The molecule has 0 unspecified atom stereocenters. The van der Waals surface area contributed by atoms with Gasteiger partial charge in [0.15, 0.2) is 0 Å². The summed E-state index contributed by atoms with van der Waals surface area (Å²) < 4.78 is 7.23. The van der Waals surface area contributed by atoms with Gasteiger partial charge < -0.3 is 9.64 Å². The van der Waals surface area contributed by atoms with Crippen LogP contribution in [0, 0.1) is 11.8 Å². The van der Waals surface area contributed by atoms with Crippen molar-refractivity contribution in [3.8, 4) is 0 Å². The monoisotopic (exact) mass is 608 g/mol. The first-order valence-electron chi connectivity index (χ1n) is 12.0. The van der Waals surface area contributed by atoms with Crippen LogP contribution >= 0.6 is 43.5 Å². The molecule has 2 fully saturated rings. The molecule has 2 aromatic rings. The molecule has 1 aromatic heterocycles. The van der Waals surface area contributed by atoms with Crippen molar-refractivity contribution in [3.63, 3.8) is 0 Å². The predicted octanol–water partition coefficient (Wildman–Crippen LogP) is 7.05. The number of hydrogen-bond donors (Lipinski definition) is 0. The molecule has 0 bridgehead atoms. The highest BCUT2D eigenvalue weighted by molar-refractivity contribution is 9.10. The van der Waals surface area contributed by atoms with E-state index in [-0.39, 0.29) is 23.8 Å². The quantitative estimate of drug-likeness (QED) is 0.270. The summed E-state index contributed by atoms with van der Waals surface area (Å²) in [5, 5.41) is 0.728. The third-order valence-electron chi connectivity index (χ3n) is 7.67. The van der Waals surface area contributed by atoms with Crippen molar-refractivity contribution in [3.05, 3.63) is 60.7 Å². The van der Waals surface area contributed by atoms with Crippen LogP contribution in [0.15, 0.2) is 33.3 Å². The van der Waals surface area contributed by atoms with E-state index in [1.807, 2.05) is 19.2 Å². The number of hydrogen-bond acceptors (Lipinski definition) is 4. The summed E-state index contributed by atoms with van der Waals surface area (Å²) in [5.41, 5.74) is 4.86. The molecule has 0 radical (unpaired) electrons. The lowest BCUT2D eigenvalue weighted by Gasteiger charge is -2.40. The summed E-state index contributed by atoms with van der Waals surface area (Å²) in [6.45, 7) is 2.61. The second-order valence-corrected chi connectivity index (χ2v) is 12.0. The van der Waals surface area contributed by atoms with Crippen molar-refractivity contribution in [2.24, 2.45) is 11.8 Å². The summed E-state index contributed by atoms with van der Waals surface area (Å²) in [5.74, 6) is -0.0780. The zero-order valence-electron chi connectivity index (χ0n) is 19.0. The second kappa shape index (κ2) is 9.90. The van der Waals surface area contributed by atoms with Gasteiger partial charge in [-0.15, -0.1) is 0 Å². The molecule has 1 aliphatic heterocycles. The van der Waals surface area contributed by atoms with Gasteiger partial charge in [-0.3, -0.25) is 9.78 Å². The van der Waals surface area contributed by atoms with Crippen molar-refractivity contribution in [2.75, 3.05) is 6.54 Å². The van der Waals surface area contributed by atoms with Crippen molar-refractivity contribution in [1.82, 2.24) is 9.88 Å². The maximum Gasteiger partial charge on any atom is 0.417 e. The highest BCUT2D eigenvalue weighted by Gasteiger charge is 2.40. The van der Waals surface area contributed by atoms with Crippen LogP contribution in [0.4, 0.5) is 4.79 Å². The van der Waals surface area contributed by atoms with Crippen LogP contribution in [0.25, 0.3) is 0 Å². The Morgan fingerprint density at radius 3 is 2.59 bits per heavy atom. The Bertz CT molecular complexity index is 1140. The largest absolute Gasteiger partial charge is 0.417 e. The molecule has 2 aliphatic carbocycles. The second-order valence-electron chi connectivity index (χ2n) is 9.78. The fraction of sp³-hybridized carbons (Fsp3) is 0.500. The van der Waals surface area contributed by atoms with Crippen LogP contribution in [-0.4, -0.2) is 34.5 Å². The molecule has 3 atom stereocenters. The number of aryl methyl sites for hydroxylation is 2. The summed E-state index contributed by atoms with van der Waals surface area (Å²) >= 11 is 13.8. The SMILES string of the molecule is C[C@@H]1C[C@H]([C@H]2c3ncc(Br)cc3CCc3cc(Cl)cc(Br)c32)CCN1C(=O)OC(=O)C1CCC1. The molecule has 1 saturated carbocycles. The first-order chi connectivity index (χ1) is 16.3. The topological polar surface area (TPSA) is 59.5 Å². The number of carbonyl (C=O) groups is 2. The van der Waals surface area contributed by atoms with Gasteiger partial charge in [0.25, 0.3) is 0 Å². The van der Waals surface area contributed by atoms with Crippen LogP contribution < -0.4 is 0 Å². The zero-order valence-corrected chi connectivity index (χ0v) is 23.0. The minimum Gasteiger partial charge on any atom is -0.376 e. The minimum absolute atomic E-state index is 0.0304. The Labute approximate surface area is 221 Å². The minimum atomic E-state index is -0.500. The number of nitrogens with zero attached hydrogens (tertiary/aromatic N) is 2. The smallest absolute Gasteiger partial charge is 0.376 e. The number of ether oxygens (including phenoxy) is 1. The van der Waals surface area contributed by atoms with Crippen molar-refractivity contribution < 1.29 is 14.3 Å². The highest BCUT2D eigenvalue weighted by Crippen LogP contribution is 2.47. The van der Waals surface area contributed by atoms with Gasteiger partial charge in [0.2, 0.25) is 0 Å². The number of aromatic nitrogens is 1. The summed E-state index contributed by atoms with van der Waals surface area (Å²) in [7, 11) is 0. The van der Waals surface area contributed by atoms with E-state index >= 15 is 0 Å². The Morgan fingerprint density at radius 2 is 1.88 bits per heavy atom. The number of esters is 1. The molecule has 1 saturated heterocycles.